The van der Waals surface area contributed by atoms with Crippen molar-refractivity contribution in [3.05, 3.63) is 91.0 Å². The average molecular weight is 577 g/mol. The molecular weight excluding hydrogens is 536 g/mol. The molecule has 0 spiro atoms. The minimum absolute atomic E-state index is 0.0506. The molecule has 3 rings (SSSR count). The zero-order valence-electron chi connectivity index (χ0n) is 24.5. The Bertz CT molecular complexity index is 1270. The third kappa shape index (κ3) is 9.22. The highest BCUT2D eigenvalue weighted by Crippen LogP contribution is 2.28. The second kappa shape index (κ2) is 14.9. The molecule has 2 N–H and O–H groups in total. The molecule has 224 valence electrons. The van der Waals surface area contributed by atoms with Gasteiger partial charge in [0.25, 0.3) is 0 Å². The number of nitrogens with one attached hydrogen (secondary N) is 2. The average Bonchev–Trinajstić information content (AvgIpc) is 2.95. The number of rotatable bonds is 11. The first kappa shape index (κ1) is 31.9. The Morgan fingerprint density at radius 3 is 2.48 bits per heavy atom. The van der Waals surface area contributed by atoms with E-state index < -0.39 is 41.7 Å². The van der Waals surface area contributed by atoms with Crippen LogP contribution >= 0.6 is 0 Å². The third-order valence-electron chi connectivity index (χ3n) is 6.36. The summed E-state index contributed by atoms with van der Waals surface area (Å²) in [6.07, 6.45) is 3.03. The lowest BCUT2D eigenvalue weighted by Crippen LogP contribution is -2.63. The van der Waals surface area contributed by atoms with Crippen LogP contribution in [0.1, 0.15) is 50.8 Å². The number of carbonyl (C=O) groups is 4. The largest absolute Gasteiger partial charge is 0.445 e. The van der Waals surface area contributed by atoms with Gasteiger partial charge in [0.05, 0.1) is 12.6 Å². The van der Waals surface area contributed by atoms with Gasteiger partial charge in [-0.3, -0.25) is 19.4 Å². The first-order valence-electron chi connectivity index (χ1n) is 13.9. The van der Waals surface area contributed by atoms with Crippen molar-refractivity contribution >= 4 is 29.7 Å². The van der Waals surface area contributed by atoms with Crippen molar-refractivity contribution in [3.8, 4) is 0 Å². The highest BCUT2D eigenvalue weighted by atomic mass is 16.6. The zero-order chi connectivity index (χ0) is 30.7. The fourth-order valence-electron chi connectivity index (χ4n) is 4.42. The number of ether oxygens (including phenoxy) is 2. The van der Waals surface area contributed by atoms with E-state index in [1.165, 1.54) is 9.80 Å². The van der Waals surface area contributed by atoms with E-state index in [1.807, 2.05) is 36.4 Å². The Morgan fingerprint density at radius 1 is 1.07 bits per heavy atom. The summed E-state index contributed by atoms with van der Waals surface area (Å²) >= 11 is 0. The highest BCUT2D eigenvalue weighted by molar-refractivity contribution is 6.04. The monoisotopic (exact) mass is 576 g/mol. The highest BCUT2D eigenvalue weighted by Gasteiger charge is 2.41. The predicted octanol–water partition coefficient (Wildman–Crippen LogP) is 4.87. The van der Waals surface area contributed by atoms with Gasteiger partial charge in [0.1, 0.15) is 24.8 Å². The standard InChI is InChI=1S/C32H40N4O6/c1-6-8-18-33-29(38)27-20-35(31(40)42-32(3,4)5)21-28(37)36(27)25-17-12-16-24(19-25)26(13-7-2)34-30(39)41-22-23-14-10-9-11-15-23/h6-7,9-12,14-17,19,26-27H,1-2,8,13,18,20-22H2,3-5H3,(H,33,38)(H,34,39)/t26-,27?/m0/s1. The summed E-state index contributed by atoms with van der Waals surface area (Å²) in [4.78, 5) is 54.9. The Balaban J connectivity index is 1.83. The van der Waals surface area contributed by atoms with E-state index in [0.29, 0.717) is 30.6 Å². The van der Waals surface area contributed by atoms with Gasteiger partial charge in [-0.1, -0.05) is 54.6 Å². The molecule has 0 bridgehead atoms. The van der Waals surface area contributed by atoms with E-state index in [2.05, 4.69) is 23.8 Å². The Kier molecular flexibility index (Phi) is 11.3. The number of hydrogen-bond acceptors (Lipinski definition) is 6. The van der Waals surface area contributed by atoms with Crippen LogP contribution in [-0.4, -0.2) is 60.2 Å². The van der Waals surface area contributed by atoms with Crippen LogP contribution in [0.5, 0.6) is 0 Å². The van der Waals surface area contributed by atoms with Gasteiger partial charge in [0.15, 0.2) is 0 Å². The summed E-state index contributed by atoms with van der Waals surface area (Å²) in [6.45, 7) is 12.8. The number of piperazine rings is 1. The molecule has 0 radical (unpaired) electrons. The van der Waals surface area contributed by atoms with Crippen molar-refractivity contribution in [1.82, 2.24) is 15.5 Å². The van der Waals surface area contributed by atoms with Crippen LogP contribution in [0.15, 0.2) is 79.9 Å². The quantitative estimate of drug-likeness (QED) is 0.291. The van der Waals surface area contributed by atoms with Crippen molar-refractivity contribution in [2.75, 3.05) is 24.5 Å². The van der Waals surface area contributed by atoms with Crippen LogP contribution < -0.4 is 15.5 Å². The van der Waals surface area contributed by atoms with E-state index >= 15 is 0 Å². The molecule has 1 unspecified atom stereocenters. The summed E-state index contributed by atoms with van der Waals surface area (Å²) in [5.41, 5.74) is 1.25. The molecule has 1 heterocycles. The Morgan fingerprint density at radius 2 is 1.81 bits per heavy atom. The summed E-state index contributed by atoms with van der Waals surface area (Å²) in [5, 5.41) is 5.69. The summed E-state index contributed by atoms with van der Waals surface area (Å²) in [6, 6.07) is 14.9. The molecule has 1 fully saturated rings. The molecule has 0 aromatic heterocycles. The number of benzene rings is 2. The van der Waals surface area contributed by atoms with Crippen LogP contribution in [0.3, 0.4) is 0 Å². The van der Waals surface area contributed by atoms with Gasteiger partial charge in [-0.15, -0.1) is 13.2 Å². The zero-order valence-corrected chi connectivity index (χ0v) is 24.5. The van der Waals surface area contributed by atoms with Crippen molar-refractivity contribution in [1.29, 1.82) is 0 Å². The number of amides is 4. The molecule has 2 aromatic carbocycles. The smallest absolute Gasteiger partial charge is 0.410 e. The van der Waals surface area contributed by atoms with E-state index in [9.17, 15) is 19.2 Å². The van der Waals surface area contributed by atoms with Crippen molar-refractivity contribution in [2.24, 2.45) is 0 Å². The summed E-state index contributed by atoms with van der Waals surface area (Å²) in [5.74, 6) is -0.849. The molecule has 0 saturated carbocycles. The van der Waals surface area contributed by atoms with Crippen LogP contribution in [0, 0.1) is 0 Å². The van der Waals surface area contributed by atoms with Crippen molar-refractivity contribution in [3.63, 3.8) is 0 Å². The van der Waals surface area contributed by atoms with Crippen LogP contribution in [-0.2, 0) is 25.7 Å². The lowest BCUT2D eigenvalue weighted by Gasteiger charge is -2.40. The molecule has 0 aliphatic carbocycles. The van der Waals surface area contributed by atoms with E-state index in [-0.39, 0.29) is 19.7 Å². The van der Waals surface area contributed by atoms with Gasteiger partial charge in [0, 0.05) is 12.2 Å². The lowest BCUT2D eigenvalue weighted by molar-refractivity contribution is -0.129. The molecule has 1 aliphatic heterocycles. The number of carbonyl (C=O) groups excluding carboxylic acids is 4. The van der Waals surface area contributed by atoms with Crippen molar-refractivity contribution < 1.29 is 28.7 Å². The van der Waals surface area contributed by atoms with Gasteiger partial charge in [-0.25, -0.2) is 9.59 Å². The number of alkyl carbamates (subject to hydrolysis) is 1. The van der Waals surface area contributed by atoms with Gasteiger partial charge in [-0.05, 0) is 56.9 Å². The van der Waals surface area contributed by atoms with E-state index in [1.54, 1.807) is 51.1 Å². The maximum Gasteiger partial charge on any atom is 0.410 e. The maximum absolute atomic E-state index is 13.5. The number of anilines is 1. The first-order valence-corrected chi connectivity index (χ1v) is 13.9. The fourth-order valence-corrected chi connectivity index (χ4v) is 4.42. The molecule has 42 heavy (non-hydrogen) atoms. The minimum atomic E-state index is -1.000. The normalized spacial score (nSPS) is 15.8. The second-order valence-corrected chi connectivity index (χ2v) is 10.9. The fraction of sp³-hybridized carbons (Fsp3) is 0.375. The van der Waals surface area contributed by atoms with Crippen LogP contribution in [0.4, 0.5) is 15.3 Å². The van der Waals surface area contributed by atoms with Crippen LogP contribution in [0.25, 0.3) is 0 Å². The maximum atomic E-state index is 13.5. The first-order chi connectivity index (χ1) is 20.0. The molecule has 2 atom stereocenters. The molecule has 4 amide bonds. The number of nitrogens with zero attached hydrogens (tertiary/aromatic N) is 2. The van der Waals surface area contributed by atoms with Gasteiger partial charge < -0.3 is 20.1 Å². The SMILES string of the molecule is C=CCCNC(=O)C1CN(C(=O)OC(C)(C)C)CC(=O)N1c1cccc([C@H](CC=C)NC(=O)OCc2ccccc2)c1. The molecule has 1 saturated heterocycles. The minimum Gasteiger partial charge on any atom is -0.445 e. The molecule has 1 aliphatic rings. The summed E-state index contributed by atoms with van der Waals surface area (Å²) < 4.78 is 10.9. The van der Waals surface area contributed by atoms with Gasteiger partial charge in [-0.2, -0.15) is 0 Å². The van der Waals surface area contributed by atoms with Crippen molar-refractivity contribution in [2.45, 2.75) is 57.9 Å². The van der Waals surface area contributed by atoms with E-state index in [4.69, 9.17) is 9.47 Å². The van der Waals surface area contributed by atoms with E-state index in [0.717, 1.165) is 5.56 Å². The van der Waals surface area contributed by atoms with Crippen LogP contribution in [0.2, 0.25) is 0 Å². The Hall–Kier alpha value is -4.60. The van der Waals surface area contributed by atoms with Gasteiger partial charge in [0.2, 0.25) is 11.8 Å². The lowest BCUT2D eigenvalue weighted by atomic mass is 10.0. The molecule has 10 nitrogen and oxygen atoms in total. The molecular formula is C32H40N4O6. The Labute approximate surface area is 247 Å². The molecule has 2 aromatic rings. The number of hydrogen-bond donors (Lipinski definition) is 2. The molecule has 10 heteroatoms. The summed E-state index contributed by atoms with van der Waals surface area (Å²) in [7, 11) is 0. The topological polar surface area (TPSA) is 117 Å². The second-order valence-electron chi connectivity index (χ2n) is 10.9. The van der Waals surface area contributed by atoms with Gasteiger partial charge >= 0.3 is 12.2 Å². The predicted molar refractivity (Wildman–Crippen MR) is 161 cm³/mol. The third-order valence-corrected chi connectivity index (χ3v) is 6.36.